The summed E-state index contributed by atoms with van der Waals surface area (Å²) < 4.78 is 6.98. The molecule has 0 radical (unpaired) electrons. The molecule has 5 nitrogen and oxygen atoms in total. The topological polar surface area (TPSA) is 56.1 Å². The van der Waals surface area contributed by atoms with Crippen molar-refractivity contribution in [1.29, 1.82) is 0 Å². The van der Waals surface area contributed by atoms with Crippen LogP contribution in [0.1, 0.15) is 21.6 Å². The van der Waals surface area contributed by atoms with Crippen LogP contribution in [0.5, 0.6) is 5.75 Å². The number of benzene rings is 2. The molecule has 0 spiro atoms. The van der Waals surface area contributed by atoms with E-state index in [0.717, 1.165) is 21.2 Å². The molecule has 26 heavy (non-hydrogen) atoms. The highest BCUT2D eigenvalue weighted by Gasteiger charge is 2.21. The monoisotopic (exact) mass is 367 g/mol. The van der Waals surface area contributed by atoms with Gasteiger partial charge in [0.25, 0.3) is 5.91 Å². The molecule has 0 bridgehead atoms. The number of carbonyl (C=O) groups is 1. The number of aryl methyl sites for hydroxylation is 2. The van der Waals surface area contributed by atoms with Gasteiger partial charge < -0.3 is 10.1 Å². The molecule has 0 aliphatic carbocycles. The van der Waals surface area contributed by atoms with Crippen molar-refractivity contribution in [3.05, 3.63) is 71.4 Å². The first kappa shape index (κ1) is 18.1. The summed E-state index contributed by atoms with van der Waals surface area (Å²) in [7, 11) is 3.49. The van der Waals surface area contributed by atoms with E-state index in [-0.39, 0.29) is 5.91 Å². The molecule has 0 saturated heterocycles. The molecule has 0 saturated carbocycles. The first-order chi connectivity index (χ1) is 12.6. The van der Waals surface area contributed by atoms with Crippen molar-refractivity contribution >= 4 is 17.7 Å². The van der Waals surface area contributed by atoms with Crippen molar-refractivity contribution in [1.82, 2.24) is 15.1 Å². The van der Waals surface area contributed by atoms with Gasteiger partial charge in [-0.3, -0.25) is 9.48 Å². The van der Waals surface area contributed by atoms with Gasteiger partial charge in [0.15, 0.2) is 0 Å². The van der Waals surface area contributed by atoms with Crippen LogP contribution in [0.15, 0.2) is 64.5 Å². The lowest BCUT2D eigenvalue weighted by molar-refractivity contribution is 0.0947. The summed E-state index contributed by atoms with van der Waals surface area (Å²) in [6.45, 7) is 2.29. The van der Waals surface area contributed by atoms with E-state index in [0.29, 0.717) is 17.8 Å². The second kappa shape index (κ2) is 8.10. The van der Waals surface area contributed by atoms with E-state index < -0.39 is 0 Å². The molecular formula is C20H21N3O2S. The van der Waals surface area contributed by atoms with Gasteiger partial charge in [0.1, 0.15) is 10.8 Å². The quantitative estimate of drug-likeness (QED) is 0.720. The van der Waals surface area contributed by atoms with Crippen LogP contribution in [-0.4, -0.2) is 22.8 Å². The summed E-state index contributed by atoms with van der Waals surface area (Å²) in [6.07, 6.45) is 0. The number of hydrogen-bond acceptors (Lipinski definition) is 4. The highest BCUT2D eigenvalue weighted by molar-refractivity contribution is 7.99. The van der Waals surface area contributed by atoms with Crippen molar-refractivity contribution in [2.75, 3.05) is 7.11 Å². The molecule has 0 unspecified atom stereocenters. The minimum absolute atomic E-state index is 0.128. The van der Waals surface area contributed by atoms with Crippen LogP contribution in [0, 0.1) is 6.92 Å². The molecule has 0 aliphatic rings. The highest BCUT2D eigenvalue weighted by atomic mass is 32.2. The molecule has 3 aromatic rings. The number of ether oxygens (including phenoxy) is 1. The third-order valence-corrected chi connectivity index (χ3v) is 5.11. The predicted octanol–water partition coefficient (Wildman–Crippen LogP) is 3.82. The maximum Gasteiger partial charge on any atom is 0.256 e. The number of carbonyl (C=O) groups excluding carboxylic acids is 1. The smallest absolute Gasteiger partial charge is 0.256 e. The van der Waals surface area contributed by atoms with Gasteiger partial charge in [-0.1, -0.05) is 42.1 Å². The van der Waals surface area contributed by atoms with Crippen LogP contribution in [0.4, 0.5) is 0 Å². The van der Waals surface area contributed by atoms with Crippen LogP contribution in [-0.2, 0) is 13.6 Å². The minimum atomic E-state index is -0.128. The number of aromatic nitrogens is 2. The lowest BCUT2D eigenvalue weighted by atomic mass is 10.2. The van der Waals surface area contributed by atoms with Gasteiger partial charge in [-0.2, -0.15) is 5.10 Å². The number of rotatable bonds is 6. The summed E-state index contributed by atoms with van der Waals surface area (Å²) in [5.41, 5.74) is 2.31. The van der Waals surface area contributed by atoms with E-state index in [1.165, 1.54) is 11.8 Å². The Morgan fingerprint density at radius 2 is 1.96 bits per heavy atom. The van der Waals surface area contributed by atoms with E-state index in [1.54, 1.807) is 11.8 Å². The Morgan fingerprint density at radius 3 is 2.69 bits per heavy atom. The Bertz CT molecular complexity index is 907. The van der Waals surface area contributed by atoms with Gasteiger partial charge in [0, 0.05) is 18.5 Å². The van der Waals surface area contributed by atoms with Crippen molar-refractivity contribution in [2.24, 2.45) is 7.05 Å². The Labute approximate surface area is 157 Å². The average Bonchev–Trinajstić information content (AvgIpc) is 2.94. The Kier molecular flexibility index (Phi) is 5.63. The number of hydrogen-bond donors (Lipinski definition) is 1. The Morgan fingerprint density at radius 1 is 1.19 bits per heavy atom. The van der Waals surface area contributed by atoms with E-state index in [9.17, 15) is 4.79 Å². The van der Waals surface area contributed by atoms with Crippen molar-refractivity contribution in [3.63, 3.8) is 0 Å². The van der Waals surface area contributed by atoms with E-state index in [1.807, 2.05) is 68.6 Å². The third kappa shape index (κ3) is 4.08. The molecule has 0 atom stereocenters. The molecule has 0 fully saturated rings. The molecule has 1 heterocycles. The molecule has 1 amide bonds. The Hall–Kier alpha value is -2.73. The second-order valence-electron chi connectivity index (χ2n) is 5.84. The van der Waals surface area contributed by atoms with Crippen LogP contribution in [0.3, 0.4) is 0 Å². The van der Waals surface area contributed by atoms with E-state index in [2.05, 4.69) is 10.4 Å². The average molecular weight is 367 g/mol. The van der Waals surface area contributed by atoms with Gasteiger partial charge >= 0.3 is 0 Å². The van der Waals surface area contributed by atoms with Crippen LogP contribution in [0.2, 0.25) is 0 Å². The first-order valence-corrected chi connectivity index (χ1v) is 9.07. The molecule has 1 aromatic heterocycles. The van der Waals surface area contributed by atoms with Crippen LogP contribution in [0.25, 0.3) is 0 Å². The fourth-order valence-electron chi connectivity index (χ4n) is 2.67. The number of methoxy groups -OCH3 is 1. The molecule has 1 N–H and O–H groups in total. The van der Waals surface area contributed by atoms with Gasteiger partial charge in [-0.15, -0.1) is 0 Å². The zero-order valence-electron chi connectivity index (χ0n) is 15.0. The fourth-order valence-corrected chi connectivity index (χ4v) is 3.70. The summed E-state index contributed by atoms with van der Waals surface area (Å²) in [4.78, 5) is 13.9. The van der Waals surface area contributed by atoms with Gasteiger partial charge in [0.05, 0.1) is 18.4 Å². The fraction of sp³-hybridized carbons (Fsp3) is 0.200. The standard InChI is InChI=1S/C20H21N3O2S/c1-14-18(19(24)21-13-15-8-7-9-16(12-15)25-3)20(23(2)22-14)26-17-10-5-4-6-11-17/h4-12H,13H2,1-3H3,(H,21,24). The molecule has 3 rings (SSSR count). The van der Waals surface area contributed by atoms with Crippen LogP contribution < -0.4 is 10.1 Å². The second-order valence-corrected chi connectivity index (χ2v) is 6.90. The van der Waals surface area contributed by atoms with Crippen molar-refractivity contribution in [2.45, 2.75) is 23.4 Å². The largest absolute Gasteiger partial charge is 0.497 e. The SMILES string of the molecule is COc1cccc(CNC(=O)c2c(C)nn(C)c2Sc2ccccc2)c1. The lowest BCUT2D eigenvalue weighted by Crippen LogP contribution is -2.23. The summed E-state index contributed by atoms with van der Waals surface area (Å²) in [5, 5.41) is 8.24. The molecule has 2 aromatic carbocycles. The molecular weight excluding hydrogens is 346 g/mol. The number of nitrogens with one attached hydrogen (secondary N) is 1. The predicted molar refractivity (Wildman–Crippen MR) is 103 cm³/mol. The van der Waals surface area contributed by atoms with E-state index >= 15 is 0 Å². The minimum Gasteiger partial charge on any atom is -0.497 e. The van der Waals surface area contributed by atoms with E-state index in [4.69, 9.17) is 4.74 Å². The molecule has 0 aliphatic heterocycles. The molecule has 6 heteroatoms. The number of nitrogens with zero attached hydrogens (tertiary/aromatic N) is 2. The normalized spacial score (nSPS) is 10.6. The van der Waals surface area contributed by atoms with Crippen molar-refractivity contribution < 1.29 is 9.53 Å². The van der Waals surface area contributed by atoms with Gasteiger partial charge in [-0.25, -0.2) is 0 Å². The zero-order valence-corrected chi connectivity index (χ0v) is 15.8. The van der Waals surface area contributed by atoms with Gasteiger partial charge in [0.2, 0.25) is 0 Å². The molecule has 134 valence electrons. The number of amides is 1. The van der Waals surface area contributed by atoms with Gasteiger partial charge in [-0.05, 0) is 36.8 Å². The lowest BCUT2D eigenvalue weighted by Gasteiger charge is -2.09. The summed E-state index contributed by atoms with van der Waals surface area (Å²) in [5.74, 6) is 0.645. The highest BCUT2D eigenvalue weighted by Crippen LogP contribution is 2.31. The summed E-state index contributed by atoms with van der Waals surface area (Å²) in [6, 6.07) is 17.6. The Balaban J connectivity index is 1.78. The zero-order chi connectivity index (χ0) is 18.5. The maximum atomic E-state index is 12.8. The first-order valence-electron chi connectivity index (χ1n) is 8.26. The van der Waals surface area contributed by atoms with Crippen molar-refractivity contribution in [3.8, 4) is 5.75 Å². The van der Waals surface area contributed by atoms with Crippen LogP contribution >= 0.6 is 11.8 Å². The maximum absolute atomic E-state index is 12.8. The third-order valence-electron chi connectivity index (χ3n) is 3.94. The summed E-state index contributed by atoms with van der Waals surface area (Å²) >= 11 is 1.54.